The fraction of sp³-hybridized carbons (Fsp3) is 0.222. The van der Waals surface area contributed by atoms with Crippen LogP contribution in [0.3, 0.4) is 0 Å². The van der Waals surface area contributed by atoms with Gasteiger partial charge in [0.25, 0.3) is 0 Å². The molecule has 0 aliphatic carbocycles. The predicted octanol–water partition coefficient (Wildman–Crippen LogP) is 0.411. The van der Waals surface area contributed by atoms with Crippen molar-refractivity contribution in [2.45, 2.75) is 6.29 Å². The Kier molecular flexibility index (Phi) is 3.00. The van der Waals surface area contributed by atoms with Gasteiger partial charge >= 0.3 is 0 Å². The number of amidine groups is 1. The number of nitrogens with one attached hydrogen (secondary N) is 1. The average molecular weight is 180 g/mol. The zero-order valence-corrected chi connectivity index (χ0v) is 7.31. The highest BCUT2D eigenvalue weighted by Crippen LogP contribution is 2.11. The lowest BCUT2D eigenvalue weighted by Crippen LogP contribution is -2.35. The Morgan fingerprint density at radius 3 is 2.31 bits per heavy atom. The van der Waals surface area contributed by atoms with Crippen molar-refractivity contribution in [2.24, 2.45) is 0 Å². The number of hydrogen-bond acceptors (Lipinski definition) is 3. The monoisotopic (exact) mass is 180 g/mol. The van der Waals surface area contributed by atoms with Gasteiger partial charge in [-0.2, -0.15) is 0 Å². The van der Waals surface area contributed by atoms with Gasteiger partial charge in [0.1, 0.15) is 0 Å². The second-order valence-corrected chi connectivity index (χ2v) is 2.65. The Hall–Kier alpha value is -1.39. The molecule has 0 aliphatic heterocycles. The van der Waals surface area contributed by atoms with Crippen LogP contribution >= 0.6 is 0 Å². The van der Waals surface area contributed by atoms with E-state index in [1.165, 1.54) is 4.90 Å². The molecule has 0 saturated heterocycles. The molecule has 0 heterocycles. The number of hydrogen-bond donors (Lipinski definition) is 3. The quantitative estimate of drug-likeness (QED) is 0.351. The third-order valence-corrected chi connectivity index (χ3v) is 1.75. The van der Waals surface area contributed by atoms with Crippen LogP contribution in [0.2, 0.25) is 0 Å². The third-order valence-electron chi connectivity index (χ3n) is 1.75. The molecule has 0 aliphatic rings. The number of likely N-dealkylation sites (N-methyl/N-ethyl adjacent to an activating group) is 1. The second kappa shape index (κ2) is 4.02. The first-order valence-electron chi connectivity index (χ1n) is 3.86. The van der Waals surface area contributed by atoms with Gasteiger partial charge in [-0.1, -0.05) is 18.2 Å². The van der Waals surface area contributed by atoms with Gasteiger partial charge in [-0.05, 0) is 12.1 Å². The Morgan fingerprint density at radius 1 is 1.31 bits per heavy atom. The number of aliphatic hydroxyl groups is 2. The Balaban J connectivity index is 2.80. The van der Waals surface area contributed by atoms with Crippen LogP contribution in [0.4, 0.5) is 5.69 Å². The maximum atomic E-state index is 8.74. The lowest BCUT2D eigenvalue weighted by molar-refractivity contribution is 0.0177. The van der Waals surface area contributed by atoms with E-state index in [-0.39, 0.29) is 5.84 Å². The summed E-state index contributed by atoms with van der Waals surface area (Å²) in [4.78, 5) is 1.41. The standard InChI is InChI=1S/C9H12N2O2/c1-11(8(10)9(12)13)7-5-3-2-4-6-7/h2-6,9-10,12-13H,1H3. The molecule has 0 amide bonds. The van der Waals surface area contributed by atoms with Gasteiger partial charge in [-0.15, -0.1) is 0 Å². The molecule has 0 aromatic heterocycles. The summed E-state index contributed by atoms with van der Waals surface area (Å²) in [7, 11) is 1.61. The molecule has 0 atom stereocenters. The summed E-state index contributed by atoms with van der Waals surface area (Å²) in [6.07, 6.45) is -1.73. The van der Waals surface area contributed by atoms with Crippen LogP contribution in [0.15, 0.2) is 30.3 Å². The smallest absolute Gasteiger partial charge is 0.211 e. The first kappa shape index (κ1) is 9.70. The highest BCUT2D eigenvalue weighted by Gasteiger charge is 2.12. The van der Waals surface area contributed by atoms with Gasteiger partial charge in [-0.25, -0.2) is 0 Å². The molecule has 70 valence electrons. The van der Waals surface area contributed by atoms with E-state index in [1.807, 2.05) is 18.2 Å². The van der Waals surface area contributed by atoms with Crippen LogP contribution in [-0.2, 0) is 0 Å². The highest BCUT2D eigenvalue weighted by molar-refractivity contribution is 5.96. The number of anilines is 1. The minimum atomic E-state index is -1.73. The average Bonchev–Trinajstić information content (AvgIpc) is 2.17. The van der Waals surface area contributed by atoms with E-state index < -0.39 is 6.29 Å². The Bertz CT molecular complexity index is 285. The molecule has 0 unspecified atom stereocenters. The molecule has 3 N–H and O–H groups in total. The minimum Gasteiger partial charge on any atom is -0.362 e. The van der Waals surface area contributed by atoms with E-state index in [0.717, 1.165) is 5.69 Å². The molecular formula is C9H12N2O2. The number of nitrogens with zero attached hydrogens (tertiary/aromatic N) is 1. The molecular weight excluding hydrogens is 168 g/mol. The first-order chi connectivity index (χ1) is 6.13. The maximum Gasteiger partial charge on any atom is 0.211 e. The highest BCUT2D eigenvalue weighted by atomic mass is 16.5. The summed E-state index contributed by atoms with van der Waals surface area (Å²) in [5.74, 6) is -0.244. The number of aliphatic hydroxyl groups excluding tert-OH is 1. The zero-order valence-electron chi connectivity index (χ0n) is 7.31. The molecule has 0 fully saturated rings. The van der Waals surface area contributed by atoms with Crippen LogP contribution in [0.1, 0.15) is 0 Å². The van der Waals surface area contributed by atoms with E-state index in [0.29, 0.717) is 0 Å². The van der Waals surface area contributed by atoms with Crippen LogP contribution in [-0.4, -0.2) is 29.4 Å². The molecule has 4 heteroatoms. The summed E-state index contributed by atoms with van der Waals surface area (Å²) >= 11 is 0. The van der Waals surface area contributed by atoms with Crippen molar-refractivity contribution in [2.75, 3.05) is 11.9 Å². The van der Waals surface area contributed by atoms with Gasteiger partial charge in [-0.3, -0.25) is 5.41 Å². The van der Waals surface area contributed by atoms with Gasteiger partial charge in [0.15, 0.2) is 5.84 Å². The van der Waals surface area contributed by atoms with Crippen molar-refractivity contribution >= 4 is 11.5 Å². The number of benzene rings is 1. The van der Waals surface area contributed by atoms with Crippen molar-refractivity contribution in [3.05, 3.63) is 30.3 Å². The lowest BCUT2D eigenvalue weighted by Gasteiger charge is -2.20. The fourth-order valence-corrected chi connectivity index (χ4v) is 0.964. The van der Waals surface area contributed by atoms with Crippen LogP contribution in [0.5, 0.6) is 0 Å². The van der Waals surface area contributed by atoms with Crippen LogP contribution in [0.25, 0.3) is 0 Å². The summed E-state index contributed by atoms with van der Waals surface area (Å²) in [6.45, 7) is 0. The van der Waals surface area contributed by atoms with Gasteiger partial charge in [0.05, 0.1) is 0 Å². The molecule has 1 rings (SSSR count). The Labute approximate surface area is 76.6 Å². The summed E-state index contributed by atoms with van der Waals surface area (Å²) in [6, 6.07) is 9.08. The summed E-state index contributed by atoms with van der Waals surface area (Å²) in [5, 5.41) is 24.8. The lowest BCUT2D eigenvalue weighted by atomic mass is 10.3. The second-order valence-electron chi connectivity index (χ2n) is 2.65. The van der Waals surface area contributed by atoms with Crippen molar-refractivity contribution in [3.63, 3.8) is 0 Å². The zero-order chi connectivity index (χ0) is 9.84. The summed E-state index contributed by atoms with van der Waals surface area (Å²) in [5.41, 5.74) is 0.751. The van der Waals surface area contributed by atoms with E-state index in [1.54, 1.807) is 19.2 Å². The summed E-state index contributed by atoms with van der Waals surface area (Å²) < 4.78 is 0. The fourth-order valence-electron chi connectivity index (χ4n) is 0.964. The predicted molar refractivity (Wildman–Crippen MR) is 50.8 cm³/mol. The van der Waals surface area contributed by atoms with E-state index >= 15 is 0 Å². The van der Waals surface area contributed by atoms with E-state index in [4.69, 9.17) is 15.6 Å². The molecule has 0 bridgehead atoms. The van der Waals surface area contributed by atoms with Crippen molar-refractivity contribution < 1.29 is 10.2 Å². The van der Waals surface area contributed by atoms with E-state index in [2.05, 4.69) is 0 Å². The number of rotatable bonds is 2. The minimum absolute atomic E-state index is 0.244. The third kappa shape index (κ3) is 2.27. The number of para-hydroxylation sites is 1. The van der Waals surface area contributed by atoms with Crippen LogP contribution in [0, 0.1) is 5.41 Å². The molecule has 0 radical (unpaired) electrons. The molecule has 4 nitrogen and oxygen atoms in total. The largest absolute Gasteiger partial charge is 0.362 e. The van der Waals surface area contributed by atoms with Crippen molar-refractivity contribution in [1.29, 1.82) is 5.41 Å². The maximum absolute atomic E-state index is 8.74. The van der Waals surface area contributed by atoms with Gasteiger partial charge in [0, 0.05) is 12.7 Å². The van der Waals surface area contributed by atoms with Gasteiger partial charge in [0.2, 0.25) is 6.29 Å². The first-order valence-corrected chi connectivity index (χ1v) is 3.86. The molecule has 1 aromatic rings. The Morgan fingerprint density at radius 2 is 1.85 bits per heavy atom. The van der Waals surface area contributed by atoms with Crippen LogP contribution < -0.4 is 4.90 Å². The van der Waals surface area contributed by atoms with Crippen molar-refractivity contribution in [1.82, 2.24) is 0 Å². The molecule has 0 saturated carbocycles. The molecule has 0 spiro atoms. The van der Waals surface area contributed by atoms with Gasteiger partial charge < -0.3 is 15.1 Å². The van der Waals surface area contributed by atoms with E-state index in [9.17, 15) is 0 Å². The normalized spacial score (nSPS) is 10.2. The topological polar surface area (TPSA) is 67.6 Å². The molecule has 1 aromatic carbocycles. The SMILES string of the molecule is CN(C(=N)C(O)O)c1ccccc1. The molecule has 13 heavy (non-hydrogen) atoms. The van der Waals surface area contributed by atoms with Crippen molar-refractivity contribution in [3.8, 4) is 0 Å².